The highest BCUT2D eigenvalue weighted by Gasteiger charge is 2.27. The van der Waals surface area contributed by atoms with Gasteiger partial charge in [0, 0.05) is 24.0 Å². The van der Waals surface area contributed by atoms with Gasteiger partial charge in [0.25, 0.3) is 0 Å². The molecule has 156 valence electrons. The van der Waals surface area contributed by atoms with Crippen LogP contribution in [-0.4, -0.2) is 36.1 Å². The number of alkyl carbamates (subject to hydrolysis) is 1. The van der Waals surface area contributed by atoms with E-state index in [9.17, 15) is 14.4 Å². The van der Waals surface area contributed by atoms with Crippen LogP contribution in [0.2, 0.25) is 0 Å². The number of esters is 1. The summed E-state index contributed by atoms with van der Waals surface area (Å²) in [7, 11) is 0. The second kappa shape index (κ2) is 11.7. The molecule has 1 aromatic rings. The molecule has 2 unspecified atom stereocenters. The van der Waals surface area contributed by atoms with Crippen molar-refractivity contribution in [3.8, 4) is 11.8 Å². The molecule has 29 heavy (non-hydrogen) atoms. The van der Waals surface area contributed by atoms with Gasteiger partial charge >= 0.3 is 12.1 Å². The lowest BCUT2D eigenvalue weighted by molar-refractivity contribution is -0.137. The molecule has 0 aromatic heterocycles. The van der Waals surface area contributed by atoms with Gasteiger partial charge in [0.2, 0.25) is 0 Å². The van der Waals surface area contributed by atoms with Gasteiger partial charge in [0.1, 0.15) is 5.60 Å². The van der Waals surface area contributed by atoms with Crippen molar-refractivity contribution in [2.75, 3.05) is 6.61 Å². The van der Waals surface area contributed by atoms with E-state index >= 15 is 0 Å². The van der Waals surface area contributed by atoms with E-state index < -0.39 is 29.6 Å². The maximum absolute atomic E-state index is 12.2. The van der Waals surface area contributed by atoms with Crippen molar-refractivity contribution in [3.63, 3.8) is 0 Å². The molecule has 0 spiro atoms. The molecule has 2 atom stereocenters. The van der Waals surface area contributed by atoms with E-state index in [4.69, 9.17) is 9.47 Å². The molecule has 6 heteroatoms. The predicted octanol–water partition coefficient (Wildman–Crippen LogP) is 3.65. The molecule has 1 aromatic carbocycles. The Labute approximate surface area is 172 Å². The highest BCUT2D eigenvalue weighted by Crippen LogP contribution is 2.15. The van der Waals surface area contributed by atoms with Crippen LogP contribution >= 0.6 is 0 Å². The van der Waals surface area contributed by atoms with Crippen LogP contribution in [0.3, 0.4) is 0 Å². The summed E-state index contributed by atoms with van der Waals surface area (Å²) in [4.78, 5) is 36.1. The van der Waals surface area contributed by atoms with Crippen molar-refractivity contribution in [2.45, 2.75) is 52.7 Å². The first-order chi connectivity index (χ1) is 13.6. The van der Waals surface area contributed by atoms with Gasteiger partial charge in [-0.25, -0.2) is 9.59 Å². The number of ether oxygens (including phenoxy) is 2. The van der Waals surface area contributed by atoms with Gasteiger partial charge in [-0.15, -0.1) is 0 Å². The Morgan fingerprint density at radius 3 is 2.38 bits per heavy atom. The van der Waals surface area contributed by atoms with Gasteiger partial charge in [0.05, 0.1) is 12.6 Å². The Bertz CT molecular complexity index is 781. The smallest absolute Gasteiger partial charge is 0.408 e. The van der Waals surface area contributed by atoms with Crippen molar-refractivity contribution in [1.82, 2.24) is 5.32 Å². The zero-order valence-corrected chi connectivity index (χ0v) is 17.7. The van der Waals surface area contributed by atoms with Gasteiger partial charge in [-0.1, -0.05) is 36.1 Å². The van der Waals surface area contributed by atoms with Crippen LogP contribution in [0.1, 0.15) is 46.6 Å². The number of amides is 1. The predicted molar refractivity (Wildman–Crippen MR) is 111 cm³/mol. The monoisotopic (exact) mass is 399 g/mol. The molecule has 1 N–H and O–H groups in total. The van der Waals surface area contributed by atoms with Gasteiger partial charge < -0.3 is 14.8 Å². The first kappa shape index (κ1) is 24.0. The summed E-state index contributed by atoms with van der Waals surface area (Å²) in [6.07, 6.45) is 2.35. The fourth-order valence-corrected chi connectivity index (χ4v) is 2.43. The maximum atomic E-state index is 12.2. The number of carbonyl (C=O) groups excluding carboxylic acids is 3. The molecule has 6 nitrogen and oxygen atoms in total. The van der Waals surface area contributed by atoms with Crippen LogP contribution in [0.4, 0.5) is 4.79 Å². The Balaban J connectivity index is 3.03. The summed E-state index contributed by atoms with van der Waals surface area (Å²) < 4.78 is 10.1. The van der Waals surface area contributed by atoms with E-state index in [1.165, 1.54) is 13.0 Å². The van der Waals surface area contributed by atoms with E-state index in [0.29, 0.717) is 0 Å². The Kier molecular flexibility index (Phi) is 9.67. The summed E-state index contributed by atoms with van der Waals surface area (Å²) >= 11 is 0. The highest BCUT2D eigenvalue weighted by molar-refractivity contribution is 5.87. The standard InChI is InChI=1S/C23H29NO5/c1-6-28-20(26)16-15-19(14-10-13-18-11-8-7-9-12-18)21(17(2)25)24-22(27)29-23(3,4)5/h7-9,11-12,15-16,19,21H,6,14H2,1-5H3,(H,24,27)/b16-15+. The zero-order valence-electron chi connectivity index (χ0n) is 17.7. The Morgan fingerprint density at radius 1 is 1.17 bits per heavy atom. The summed E-state index contributed by atoms with van der Waals surface area (Å²) in [6, 6.07) is 8.51. The summed E-state index contributed by atoms with van der Waals surface area (Å²) in [5.74, 6) is 4.72. The summed E-state index contributed by atoms with van der Waals surface area (Å²) in [6.45, 7) is 8.53. The molecule has 0 bridgehead atoms. The summed E-state index contributed by atoms with van der Waals surface area (Å²) in [5.41, 5.74) is 0.134. The first-order valence-electron chi connectivity index (χ1n) is 9.51. The average Bonchev–Trinajstić information content (AvgIpc) is 2.62. The minimum Gasteiger partial charge on any atom is -0.463 e. The van der Waals surface area contributed by atoms with Crippen LogP contribution in [0.25, 0.3) is 0 Å². The number of Topliss-reactive ketones (excluding diaryl/α,β-unsaturated/α-hetero) is 1. The molecule has 1 rings (SSSR count). The van der Waals surface area contributed by atoms with E-state index in [-0.39, 0.29) is 18.8 Å². The number of nitrogens with one attached hydrogen (secondary N) is 1. The lowest BCUT2D eigenvalue weighted by Crippen LogP contribution is -2.46. The number of ketones is 1. The van der Waals surface area contributed by atoms with Gasteiger partial charge in [-0.2, -0.15) is 0 Å². The van der Waals surface area contributed by atoms with Crippen molar-refractivity contribution < 1.29 is 23.9 Å². The van der Waals surface area contributed by atoms with Crippen molar-refractivity contribution >= 4 is 17.8 Å². The quantitative estimate of drug-likeness (QED) is 0.430. The number of hydrogen-bond acceptors (Lipinski definition) is 5. The SMILES string of the molecule is CCOC(=O)/C=C/C(CC#Cc1ccccc1)C(NC(=O)OC(C)(C)C)C(C)=O. The molecule has 0 aliphatic carbocycles. The summed E-state index contributed by atoms with van der Waals surface area (Å²) in [5, 5.41) is 2.60. The molecule has 0 saturated heterocycles. The molecule has 0 fully saturated rings. The first-order valence-corrected chi connectivity index (χ1v) is 9.51. The lowest BCUT2D eigenvalue weighted by Gasteiger charge is -2.25. The van der Waals surface area contributed by atoms with E-state index in [1.807, 2.05) is 30.3 Å². The molecule has 0 saturated carbocycles. The number of rotatable bonds is 7. The van der Waals surface area contributed by atoms with Crippen LogP contribution in [-0.2, 0) is 19.1 Å². The largest absolute Gasteiger partial charge is 0.463 e. The highest BCUT2D eigenvalue weighted by atomic mass is 16.6. The molecular weight excluding hydrogens is 370 g/mol. The third kappa shape index (κ3) is 10.2. The molecule has 0 radical (unpaired) electrons. The molecule has 0 aliphatic rings. The fourth-order valence-electron chi connectivity index (χ4n) is 2.43. The van der Waals surface area contributed by atoms with Crippen molar-refractivity contribution in [3.05, 3.63) is 48.0 Å². The zero-order chi connectivity index (χ0) is 21.9. The number of benzene rings is 1. The Hall–Kier alpha value is -3.07. The van der Waals surface area contributed by atoms with Crippen LogP contribution in [0.15, 0.2) is 42.5 Å². The van der Waals surface area contributed by atoms with E-state index in [1.54, 1.807) is 33.8 Å². The second-order valence-corrected chi connectivity index (χ2v) is 7.38. The lowest BCUT2D eigenvalue weighted by atomic mass is 9.92. The maximum Gasteiger partial charge on any atom is 0.408 e. The number of hydrogen-bond donors (Lipinski definition) is 1. The molecule has 1 amide bonds. The molecule has 0 heterocycles. The minimum absolute atomic E-state index is 0.244. The van der Waals surface area contributed by atoms with Crippen LogP contribution in [0.5, 0.6) is 0 Å². The van der Waals surface area contributed by atoms with Gasteiger partial charge in [-0.05, 0) is 46.8 Å². The second-order valence-electron chi connectivity index (χ2n) is 7.38. The van der Waals surface area contributed by atoms with Crippen LogP contribution < -0.4 is 5.32 Å². The van der Waals surface area contributed by atoms with Gasteiger partial charge in [-0.3, -0.25) is 4.79 Å². The van der Waals surface area contributed by atoms with E-state index in [0.717, 1.165) is 5.56 Å². The van der Waals surface area contributed by atoms with Crippen LogP contribution in [0, 0.1) is 17.8 Å². The molecule has 0 aliphatic heterocycles. The van der Waals surface area contributed by atoms with Crippen molar-refractivity contribution in [2.24, 2.45) is 5.92 Å². The minimum atomic E-state index is -0.888. The normalized spacial score (nSPS) is 13.0. The van der Waals surface area contributed by atoms with Crippen molar-refractivity contribution in [1.29, 1.82) is 0 Å². The average molecular weight is 399 g/mol. The molecular formula is C23H29NO5. The van der Waals surface area contributed by atoms with Gasteiger partial charge in [0.15, 0.2) is 5.78 Å². The van der Waals surface area contributed by atoms with E-state index in [2.05, 4.69) is 17.2 Å². The Morgan fingerprint density at radius 2 is 1.83 bits per heavy atom. The third-order valence-corrected chi connectivity index (χ3v) is 3.65. The topological polar surface area (TPSA) is 81.7 Å². The fraction of sp³-hybridized carbons (Fsp3) is 0.435. The number of carbonyl (C=O) groups is 3. The third-order valence-electron chi connectivity index (χ3n) is 3.65.